The van der Waals surface area contributed by atoms with E-state index < -0.39 is 0 Å². The molecule has 2 atom stereocenters. The predicted octanol–water partition coefficient (Wildman–Crippen LogP) is 3.07. The summed E-state index contributed by atoms with van der Waals surface area (Å²) in [6.45, 7) is 11.2. The molecule has 1 spiro atoms. The second-order valence-electron chi connectivity index (χ2n) is 7.65. The molecule has 0 aromatic carbocycles. The molecule has 1 amide bonds. The third kappa shape index (κ3) is 1.36. The van der Waals surface area contributed by atoms with Gasteiger partial charge in [0.15, 0.2) is 0 Å². The highest BCUT2D eigenvalue weighted by Gasteiger charge is 2.60. The molecule has 3 rings (SSSR count). The van der Waals surface area contributed by atoms with Crippen LogP contribution in [0.15, 0.2) is 0 Å². The van der Waals surface area contributed by atoms with Crippen LogP contribution in [-0.4, -0.2) is 23.9 Å². The van der Waals surface area contributed by atoms with E-state index >= 15 is 0 Å². The first-order valence-electron chi connectivity index (χ1n) is 7.10. The average Bonchev–Trinajstić information content (AvgIpc) is 2.97. The van der Waals surface area contributed by atoms with Crippen LogP contribution in [-0.2, 0) is 4.79 Å². The maximum absolute atomic E-state index is 12.8. The summed E-state index contributed by atoms with van der Waals surface area (Å²) in [7, 11) is 0. The van der Waals surface area contributed by atoms with Crippen molar-refractivity contribution in [2.45, 2.75) is 53.4 Å². The summed E-state index contributed by atoms with van der Waals surface area (Å²) in [6.07, 6.45) is 4.98. The number of carbonyl (C=O) groups excluding carboxylic acids is 1. The molecule has 2 aliphatic carbocycles. The summed E-state index contributed by atoms with van der Waals surface area (Å²) >= 11 is 0. The highest BCUT2D eigenvalue weighted by atomic mass is 16.2. The maximum atomic E-state index is 12.8. The molecule has 1 aliphatic heterocycles. The Morgan fingerprint density at radius 1 is 1.12 bits per heavy atom. The average molecular weight is 235 g/mol. The number of likely N-dealkylation sites (tertiary alicyclic amines) is 1. The van der Waals surface area contributed by atoms with Gasteiger partial charge in [0.25, 0.3) is 0 Å². The molecule has 2 heteroatoms. The van der Waals surface area contributed by atoms with Gasteiger partial charge in [-0.15, -0.1) is 0 Å². The van der Waals surface area contributed by atoms with Crippen molar-refractivity contribution in [3.8, 4) is 0 Å². The van der Waals surface area contributed by atoms with E-state index in [1.54, 1.807) is 0 Å². The van der Waals surface area contributed by atoms with Crippen molar-refractivity contribution in [2.24, 2.45) is 22.2 Å². The molecule has 17 heavy (non-hydrogen) atoms. The van der Waals surface area contributed by atoms with Crippen LogP contribution in [0.25, 0.3) is 0 Å². The van der Waals surface area contributed by atoms with Crippen LogP contribution in [0.1, 0.15) is 53.4 Å². The number of amides is 1. The number of rotatable bonds is 1. The van der Waals surface area contributed by atoms with Gasteiger partial charge < -0.3 is 4.90 Å². The fourth-order valence-electron chi connectivity index (χ4n) is 3.86. The SMILES string of the molecule is C[C@H]1CC[C@@](C)(C(=O)N2CC3(CC3)C2)C1(C)C. The highest BCUT2D eigenvalue weighted by molar-refractivity contribution is 5.84. The molecule has 1 saturated heterocycles. The van der Waals surface area contributed by atoms with Gasteiger partial charge in [0, 0.05) is 18.5 Å². The minimum absolute atomic E-state index is 0.122. The van der Waals surface area contributed by atoms with E-state index in [-0.39, 0.29) is 10.8 Å². The van der Waals surface area contributed by atoms with Crippen LogP contribution < -0.4 is 0 Å². The number of hydrogen-bond donors (Lipinski definition) is 0. The van der Waals surface area contributed by atoms with Crippen molar-refractivity contribution >= 4 is 5.91 Å². The normalized spacial score (nSPS) is 41.4. The summed E-state index contributed by atoms with van der Waals surface area (Å²) in [5, 5.41) is 0. The Bertz CT molecular complexity index is 361. The molecular weight excluding hydrogens is 210 g/mol. The molecule has 2 saturated carbocycles. The molecule has 3 aliphatic rings. The molecule has 0 radical (unpaired) electrons. The van der Waals surface area contributed by atoms with Crippen LogP contribution in [0.3, 0.4) is 0 Å². The fourth-order valence-corrected chi connectivity index (χ4v) is 3.86. The molecule has 0 bridgehead atoms. The second kappa shape index (κ2) is 3.07. The summed E-state index contributed by atoms with van der Waals surface area (Å²) < 4.78 is 0. The van der Waals surface area contributed by atoms with E-state index in [0.29, 0.717) is 17.2 Å². The highest BCUT2D eigenvalue weighted by Crippen LogP contribution is 2.59. The van der Waals surface area contributed by atoms with Gasteiger partial charge in [0.1, 0.15) is 0 Å². The molecule has 0 aromatic heterocycles. The number of carbonyl (C=O) groups is 1. The monoisotopic (exact) mass is 235 g/mol. The first kappa shape index (κ1) is 11.6. The zero-order chi connectivity index (χ0) is 12.5. The first-order chi connectivity index (χ1) is 7.81. The number of nitrogens with zero attached hydrogens (tertiary/aromatic N) is 1. The van der Waals surface area contributed by atoms with Crippen molar-refractivity contribution in [3.63, 3.8) is 0 Å². The lowest BCUT2D eigenvalue weighted by atomic mass is 9.65. The van der Waals surface area contributed by atoms with Gasteiger partial charge in [0.2, 0.25) is 5.91 Å². The van der Waals surface area contributed by atoms with Gasteiger partial charge in [0.05, 0.1) is 5.41 Å². The topological polar surface area (TPSA) is 20.3 Å². The molecule has 0 aromatic rings. The summed E-state index contributed by atoms with van der Waals surface area (Å²) in [5.41, 5.74) is 0.611. The lowest BCUT2D eigenvalue weighted by Gasteiger charge is -2.48. The van der Waals surface area contributed by atoms with Gasteiger partial charge in [-0.2, -0.15) is 0 Å². The van der Waals surface area contributed by atoms with E-state index in [2.05, 4.69) is 32.6 Å². The largest absolute Gasteiger partial charge is 0.341 e. The van der Waals surface area contributed by atoms with Crippen molar-refractivity contribution < 1.29 is 4.79 Å². The zero-order valence-electron chi connectivity index (χ0n) is 11.7. The fraction of sp³-hybridized carbons (Fsp3) is 0.933. The van der Waals surface area contributed by atoms with Crippen LogP contribution >= 0.6 is 0 Å². The van der Waals surface area contributed by atoms with Crippen molar-refractivity contribution in [1.29, 1.82) is 0 Å². The minimum atomic E-state index is -0.122. The molecule has 1 heterocycles. The lowest BCUT2D eigenvalue weighted by Crippen LogP contribution is -2.58. The second-order valence-corrected chi connectivity index (χ2v) is 7.65. The Hall–Kier alpha value is -0.530. The van der Waals surface area contributed by atoms with E-state index in [4.69, 9.17) is 0 Å². The predicted molar refractivity (Wildman–Crippen MR) is 68.5 cm³/mol. The van der Waals surface area contributed by atoms with E-state index in [1.165, 1.54) is 19.3 Å². The van der Waals surface area contributed by atoms with Crippen LogP contribution in [0.2, 0.25) is 0 Å². The van der Waals surface area contributed by atoms with Gasteiger partial charge in [-0.3, -0.25) is 4.79 Å². The number of hydrogen-bond acceptors (Lipinski definition) is 1. The third-order valence-corrected chi connectivity index (χ3v) is 6.50. The van der Waals surface area contributed by atoms with Gasteiger partial charge in [-0.25, -0.2) is 0 Å². The van der Waals surface area contributed by atoms with Crippen molar-refractivity contribution in [3.05, 3.63) is 0 Å². The van der Waals surface area contributed by atoms with Crippen LogP contribution in [0.5, 0.6) is 0 Å². The van der Waals surface area contributed by atoms with Gasteiger partial charge in [-0.1, -0.05) is 27.7 Å². The molecule has 0 N–H and O–H groups in total. The lowest BCUT2D eigenvalue weighted by molar-refractivity contribution is -0.155. The summed E-state index contributed by atoms with van der Waals surface area (Å²) in [4.78, 5) is 14.9. The van der Waals surface area contributed by atoms with E-state index in [1.807, 2.05) is 0 Å². The molecule has 96 valence electrons. The Kier molecular flexibility index (Phi) is 2.09. The van der Waals surface area contributed by atoms with Crippen molar-refractivity contribution in [1.82, 2.24) is 4.90 Å². The standard InChI is InChI=1S/C15H25NO/c1-11-5-6-14(4,13(11,2)3)12(17)16-9-15(10-16)7-8-15/h11H,5-10H2,1-4H3/t11-,14-/m0/s1. The maximum Gasteiger partial charge on any atom is 0.229 e. The van der Waals surface area contributed by atoms with E-state index in [9.17, 15) is 4.79 Å². The summed E-state index contributed by atoms with van der Waals surface area (Å²) in [5.74, 6) is 1.09. The Balaban J connectivity index is 1.76. The van der Waals surface area contributed by atoms with E-state index in [0.717, 1.165) is 19.5 Å². The van der Waals surface area contributed by atoms with Crippen molar-refractivity contribution in [2.75, 3.05) is 13.1 Å². The van der Waals surface area contributed by atoms with Gasteiger partial charge in [-0.05, 0) is 37.0 Å². The Labute approximate surface area is 105 Å². The van der Waals surface area contributed by atoms with Crippen LogP contribution in [0.4, 0.5) is 0 Å². The summed E-state index contributed by atoms with van der Waals surface area (Å²) in [6, 6.07) is 0. The molecule has 0 unspecified atom stereocenters. The molecule has 3 fully saturated rings. The quantitative estimate of drug-likeness (QED) is 0.684. The third-order valence-electron chi connectivity index (χ3n) is 6.50. The smallest absolute Gasteiger partial charge is 0.229 e. The Morgan fingerprint density at radius 2 is 1.71 bits per heavy atom. The van der Waals surface area contributed by atoms with Gasteiger partial charge >= 0.3 is 0 Å². The molecule has 2 nitrogen and oxygen atoms in total. The first-order valence-corrected chi connectivity index (χ1v) is 7.10. The zero-order valence-corrected chi connectivity index (χ0v) is 11.7. The van der Waals surface area contributed by atoms with Crippen LogP contribution in [0, 0.1) is 22.2 Å². The minimum Gasteiger partial charge on any atom is -0.341 e. The molecular formula is C15H25NO. The Morgan fingerprint density at radius 3 is 2.12 bits per heavy atom.